The third-order valence-electron chi connectivity index (χ3n) is 0.112. The van der Waals surface area contributed by atoms with E-state index >= 15 is 0 Å². The van der Waals surface area contributed by atoms with Crippen LogP contribution in [0.15, 0.2) is 0 Å². The molecule has 0 bridgehead atoms. The Kier molecular flexibility index (Phi) is 10.6. The molecule has 6 heteroatoms. The topological polar surface area (TPSA) is 117 Å². The summed E-state index contributed by atoms with van der Waals surface area (Å²) in [5.41, 5.74) is 0. The van der Waals surface area contributed by atoms with Crippen molar-refractivity contribution in [1.82, 2.24) is 5.32 Å². The molecule has 0 aromatic heterocycles. The maximum absolute atomic E-state index is 8.56. The Hall–Kier alpha value is -1.95. The second-order valence-electron chi connectivity index (χ2n) is 0.631. The van der Waals surface area contributed by atoms with Crippen molar-refractivity contribution in [3.8, 4) is 12.4 Å². The first-order valence-electron chi connectivity index (χ1n) is 1.60. The van der Waals surface area contributed by atoms with Gasteiger partial charge in [-0.25, -0.2) is 10.1 Å². The average molecular weight is 129 g/mol. The fourth-order valence-electron chi connectivity index (χ4n) is 0.0250. The van der Waals surface area contributed by atoms with Crippen LogP contribution in [0.2, 0.25) is 0 Å². The largest absolute Gasteiger partial charge is 0.503 e. The Morgan fingerprint density at radius 1 is 1.33 bits per heavy atom. The maximum Gasteiger partial charge on any atom is 0.503 e. The summed E-state index contributed by atoms with van der Waals surface area (Å²) in [6, 6.07) is 0. The molecule has 0 aromatic rings. The van der Waals surface area contributed by atoms with Gasteiger partial charge in [-0.15, -0.1) is 0 Å². The van der Waals surface area contributed by atoms with Crippen molar-refractivity contribution in [2.45, 2.75) is 0 Å². The van der Waals surface area contributed by atoms with Crippen molar-refractivity contribution in [1.29, 1.82) is 10.5 Å². The van der Waals surface area contributed by atoms with Gasteiger partial charge in [0.05, 0.1) is 0 Å². The lowest BCUT2D eigenvalue weighted by atomic mass is 11.2. The van der Waals surface area contributed by atoms with Crippen LogP contribution in [-0.2, 0) is 0 Å². The number of rotatable bonds is 0. The lowest BCUT2D eigenvalue weighted by molar-refractivity contribution is 0.137. The molecule has 0 amide bonds. The van der Waals surface area contributed by atoms with Gasteiger partial charge in [0.15, 0.2) is 12.4 Å². The third-order valence-corrected chi connectivity index (χ3v) is 0.112. The second-order valence-corrected chi connectivity index (χ2v) is 0.631. The highest BCUT2D eigenvalue weighted by molar-refractivity contribution is 5.53. The summed E-state index contributed by atoms with van der Waals surface area (Å²) in [5, 5.41) is 30.6. The summed E-state index contributed by atoms with van der Waals surface area (Å²) in [6.07, 6.45) is 0.979. The van der Waals surface area contributed by atoms with Crippen LogP contribution >= 0.6 is 0 Å². The van der Waals surface area contributed by atoms with Crippen LogP contribution < -0.4 is 5.32 Å². The number of nitriles is 2. The van der Waals surface area contributed by atoms with E-state index in [0.29, 0.717) is 0 Å². The first-order valence-corrected chi connectivity index (χ1v) is 1.60. The Morgan fingerprint density at radius 3 is 1.56 bits per heavy atom. The fourth-order valence-corrected chi connectivity index (χ4v) is 0.0250. The van der Waals surface area contributed by atoms with Crippen molar-refractivity contribution in [3.05, 3.63) is 0 Å². The van der Waals surface area contributed by atoms with E-state index in [-0.39, 0.29) is 0 Å². The third kappa shape index (κ3) is 39700. The molecule has 0 aliphatic carbocycles. The van der Waals surface area contributed by atoms with Crippen LogP contribution in [0.3, 0.4) is 0 Å². The van der Waals surface area contributed by atoms with Crippen LogP contribution in [0.4, 0.5) is 4.79 Å². The van der Waals surface area contributed by atoms with E-state index in [1.165, 1.54) is 12.4 Å². The molecule has 0 saturated carbocycles. The Bertz CT molecular complexity index is 137. The minimum Gasteiger partial charge on any atom is -0.450 e. The minimum absolute atomic E-state index is 1.41. The van der Waals surface area contributed by atoms with Crippen LogP contribution in [0.1, 0.15) is 0 Å². The first-order chi connectivity index (χ1) is 4.15. The molecule has 0 aliphatic rings. The van der Waals surface area contributed by atoms with Crippen LogP contribution in [0, 0.1) is 22.9 Å². The van der Waals surface area contributed by atoms with Crippen molar-refractivity contribution < 1.29 is 15.0 Å². The van der Waals surface area contributed by atoms with E-state index in [2.05, 4.69) is 0 Å². The number of nitrogens with zero attached hydrogens (tertiary/aromatic N) is 2. The molecule has 48 valence electrons. The molecule has 0 unspecified atom stereocenters. The van der Waals surface area contributed by atoms with E-state index in [1.807, 2.05) is 0 Å². The molecule has 0 aliphatic heterocycles. The number of nitrogens with one attached hydrogen (secondary N) is 1. The molecule has 0 saturated heterocycles. The molecule has 9 heavy (non-hydrogen) atoms. The SMILES string of the molecule is N#CNC#N.O=C(O)O. The standard InChI is InChI=1S/C2HN3.CH2O3/c3-1-5-2-4;2-1(3)4/h5H;(H2,2,3,4). The van der Waals surface area contributed by atoms with Crippen LogP contribution in [0.5, 0.6) is 0 Å². The molecule has 0 rings (SSSR count). The predicted molar refractivity (Wildman–Crippen MR) is 25.0 cm³/mol. The van der Waals surface area contributed by atoms with E-state index in [0.717, 1.165) is 0 Å². The highest BCUT2D eigenvalue weighted by Gasteiger charge is 1.70. The molecule has 0 radical (unpaired) electrons. The molecular formula is C3H3N3O3. The second kappa shape index (κ2) is 9.41. The van der Waals surface area contributed by atoms with E-state index in [4.69, 9.17) is 25.5 Å². The zero-order valence-corrected chi connectivity index (χ0v) is 4.20. The number of hydrogen-bond acceptors (Lipinski definition) is 4. The molecule has 0 spiro atoms. The van der Waals surface area contributed by atoms with Gasteiger partial charge < -0.3 is 10.2 Å². The smallest absolute Gasteiger partial charge is 0.450 e. The lowest BCUT2D eigenvalue weighted by Crippen LogP contribution is -1.88. The van der Waals surface area contributed by atoms with Crippen molar-refractivity contribution in [2.75, 3.05) is 0 Å². The fraction of sp³-hybridized carbons (Fsp3) is 0. The number of carbonyl (C=O) groups is 1. The molecule has 0 fully saturated rings. The maximum atomic E-state index is 8.56. The van der Waals surface area contributed by atoms with Crippen molar-refractivity contribution >= 4 is 6.16 Å². The van der Waals surface area contributed by atoms with Gasteiger partial charge in [-0.1, -0.05) is 0 Å². The monoisotopic (exact) mass is 129 g/mol. The molecule has 6 nitrogen and oxygen atoms in total. The molecular weight excluding hydrogens is 126 g/mol. The lowest BCUT2D eigenvalue weighted by Gasteiger charge is -1.60. The van der Waals surface area contributed by atoms with Crippen LogP contribution in [0.25, 0.3) is 0 Å². The van der Waals surface area contributed by atoms with Gasteiger partial charge in [0.25, 0.3) is 0 Å². The Morgan fingerprint density at radius 2 is 1.56 bits per heavy atom. The number of carboxylic acid groups (broad SMARTS) is 2. The molecule has 3 N–H and O–H groups in total. The van der Waals surface area contributed by atoms with Crippen molar-refractivity contribution in [2.24, 2.45) is 0 Å². The Balaban J connectivity index is 0. The Labute approximate surface area is 50.6 Å². The summed E-state index contributed by atoms with van der Waals surface area (Å²) >= 11 is 0. The quantitative estimate of drug-likeness (QED) is 0.307. The van der Waals surface area contributed by atoms with Gasteiger partial charge in [-0.2, -0.15) is 10.5 Å². The zero-order chi connectivity index (χ0) is 7.70. The molecule has 0 atom stereocenters. The number of hydrogen-bond donors (Lipinski definition) is 3. The van der Waals surface area contributed by atoms with Gasteiger partial charge >= 0.3 is 6.16 Å². The minimum atomic E-state index is -1.83. The highest BCUT2D eigenvalue weighted by Crippen LogP contribution is 1.42. The van der Waals surface area contributed by atoms with E-state index < -0.39 is 6.16 Å². The van der Waals surface area contributed by atoms with Crippen molar-refractivity contribution in [3.63, 3.8) is 0 Å². The summed E-state index contributed by atoms with van der Waals surface area (Å²) in [7, 11) is 0. The van der Waals surface area contributed by atoms with Crippen LogP contribution in [-0.4, -0.2) is 16.4 Å². The van der Waals surface area contributed by atoms with E-state index in [9.17, 15) is 0 Å². The zero-order valence-electron chi connectivity index (χ0n) is 4.20. The summed E-state index contributed by atoms with van der Waals surface area (Å²) in [6.45, 7) is 0. The summed E-state index contributed by atoms with van der Waals surface area (Å²) < 4.78 is 0. The predicted octanol–water partition coefficient (Wildman–Crippen LogP) is -0.239. The summed E-state index contributed by atoms with van der Waals surface area (Å²) in [4.78, 5) is 8.56. The summed E-state index contributed by atoms with van der Waals surface area (Å²) in [5.74, 6) is 0. The first kappa shape index (κ1) is 10.1. The van der Waals surface area contributed by atoms with Gasteiger partial charge in [-0.3, -0.25) is 0 Å². The van der Waals surface area contributed by atoms with Gasteiger partial charge in [0.1, 0.15) is 0 Å². The highest BCUT2D eigenvalue weighted by atomic mass is 16.6. The normalized spacial score (nSPS) is 4.67. The molecule has 0 heterocycles. The van der Waals surface area contributed by atoms with Gasteiger partial charge in [0, 0.05) is 0 Å². The van der Waals surface area contributed by atoms with Gasteiger partial charge in [0.2, 0.25) is 0 Å². The van der Waals surface area contributed by atoms with Gasteiger partial charge in [-0.05, 0) is 0 Å². The average Bonchev–Trinajstić information content (AvgIpc) is 1.66. The molecule has 0 aromatic carbocycles. The van der Waals surface area contributed by atoms with E-state index in [1.54, 1.807) is 5.32 Å².